The van der Waals surface area contributed by atoms with Crippen molar-refractivity contribution in [1.82, 2.24) is 10.2 Å². The van der Waals surface area contributed by atoms with Gasteiger partial charge < -0.3 is 29.2 Å². The summed E-state index contributed by atoms with van der Waals surface area (Å²) in [6.45, 7) is 0. The molecule has 2 aromatic carbocycles. The minimum absolute atomic E-state index is 0.219. The molecule has 0 aromatic heterocycles. The Bertz CT molecular complexity index is 944. The molecule has 8 nitrogen and oxygen atoms in total. The van der Waals surface area contributed by atoms with Crippen LogP contribution < -0.4 is 19.5 Å². The van der Waals surface area contributed by atoms with Gasteiger partial charge in [0, 0.05) is 13.5 Å². The Morgan fingerprint density at radius 3 is 2.35 bits per heavy atom. The summed E-state index contributed by atoms with van der Waals surface area (Å²) in [5, 5.41) is 3.05. The lowest BCUT2D eigenvalue weighted by atomic mass is 10.0. The summed E-state index contributed by atoms with van der Waals surface area (Å²) >= 11 is 0. The number of ether oxygens (including phenoxy) is 4. The van der Waals surface area contributed by atoms with Crippen LogP contribution in [0.1, 0.15) is 11.1 Å². The van der Waals surface area contributed by atoms with Gasteiger partial charge in [-0.1, -0.05) is 12.1 Å². The maximum absolute atomic E-state index is 13.3. The highest BCUT2D eigenvalue weighted by Gasteiger charge is 2.32. The third-order valence-corrected chi connectivity index (χ3v) is 5.46. The van der Waals surface area contributed by atoms with Gasteiger partial charge in [-0.3, -0.25) is 4.79 Å². The second kappa shape index (κ2) is 9.70. The molecule has 1 amide bonds. The molecule has 4 bridgehead atoms. The molecule has 0 saturated carbocycles. The van der Waals surface area contributed by atoms with Crippen LogP contribution in [0.25, 0.3) is 0 Å². The van der Waals surface area contributed by atoms with Crippen LogP contribution in [0.15, 0.2) is 36.4 Å². The maximum Gasteiger partial charge on any atom is 0.328 e. The van der Waals surface area contributed by atoms with E-state index in [1.54, 1.807) is 28.3 Å². The minimum atomic E-state index is -0.746. The second-order valence-electron chi connectivity index (χ2n) is 7.31. The molecule has 2 aliphatic heterocycles. The first-order valence-electron chi connectivity index (χ1n) is 9.95. The number of nitrogens with zero attached hydrogens (tertiary/aromatic N) is 1. The van der Waals surface area contributed by atoms with E-state index in [9.17, 15) is 9.59 Å². The third-order valence-electron chi connectivity index (χ3n) is 5.46. The van der Waals surface area contributed by atoms with Gasteiger partial charge in [-0.25, -0.2) is 4.79 Å². The lowest BCUT2D eigenvalue weighted by molar-refractivity contribution is -0.152. The molecule has 2 aliphatic rings. The van der Waals surface area contributed by atoms with Crippen LogP contribution in [0, 0.1) is 0 Å². The Labute approximate surface area is 182 Å². The number of esters is 1. The Kier molecular flexibility index (Phi) is 7.02. The molecule has 0 radical (unpaired) electrons. The molecule has 2 atom stereocenters. The van der Waals surface area contributed by atoms with Gasteiger partial charge in [-0.2, -0.15) is 0 Å². The number of likely N-dealkylation sites (N-methyl/N-ethyl adjacent to an activating group) is 2. The molecule has 0 saturated heterocycles. The highest BCUT2D eigenvalue weighted by molar-refractivity contribution is 5.88. The molecule has 1 N–H and O–H groups in total. The molecule has 4 rings (SSSR count). The summed E-state index contributed by atoms with van der Waals surface area (Å²) in [7, 11) is 7.76. The van der Waals surface area contributed by atoms with E-state index in [0.29, 0.717) is 35.8 Å². The highest BCUT2D eigenvalue weighted by Crippen LogP contribution is 2.41. The second-order valence-corrected chi connectivity index (χ2v) is 7.31. The number of methoxy groups -OCH3 is 3. The first-order chi connectivity index (χ1) is 14.9. The summed E-state index contributed by atoms with van der Waals surface area (Å²) in [4.78, 5) is 27.2. The van der Waals surface area contributed by atoms with Crippen molar-refractivity contribution in [3.8, 4) is 23.0 Å². The minimum Gasteiger partial charge on any atom is -0.493 e. The van der Waals surface area contributed by atoms with Crippen molar-refractivity contribution in [2.75, 3.05) is 35.4 Å². The van der Waals surface area contributed by atoms with Gasteiger partial charge in [0.25, 0.3) is 0 Å². The van der Waals surface area contributed by atoms with Crippen molar-refractivity contribution in [2.24, 2.45) is 0 Å². The quantitative estimate of drug-likeness (QED) is 0.747. The van der Waals surface area contributed by atoms with Crippen molar-refractivity contribution >= 4 is 11.9 Å². The number of amides is 1. The van der Waals surface area contributed by atoms with E-state index in [0.717, 1.165) is 11.1 Å². The zero-order valence-electron chi connectivity index (χ0n) is 18.4. The smallest absolute Gasteiger partial charge is 0.328 e. The number of fused-ring (bicyclic) bond motifs is 7. The van der Waals surface area contributed by atoms with Gasteiger partial charge in [-0.05, 0) is 48.9 Å². The standard InChI is InChI=1S/C23H28N2O6/c1-24-17-10-15-12-19(28-3)21(29-4)20(13-15)31-16-8-6-14(7-9-16)11-18(23(27)30-5)25(2)22(17)26/h6-9,12-13,17-18,24H,10-11H2,1-5H3/t17-,18-/m1/s1. The first kappa shape index (κ1) is 22.4. The predicted molar refractivity (Wildman–Crippen MR) is 115 cm³/mol. The van der Waals surface area contributed by atoms with Crippen LogP contribution in [0.4, 0.5) is 0 Å². The predicted octanol–water partition coefficient (Wildman–Crippen LogP) is 2.18. The van der Waals surface area contributed by atoms with E-state index >= 15 is 0 Å². The largest absolute Gasteiger partial charge is 0.493 e. The molecule has 166 valence electrons. The molecule has 8 heteroatoms. The summed E-state index contributed by atoms with van der Waals surface area (Å²) in [6, 6.07) is 9.68. The monoisotopic (exact) mass is 428 g/mol. The molecule has 2 aromatic rings. The number of nitrogens with one attached hydrogen (secondary N) is 1. The average molecular weight is 428 g/mol. The number of carbonyl (C=O) groups is 2. The maximum atomic E-state index is 13.3. The van der Waals surface area contributed by atoms with Crippen LogP contribution in [0.5, 0.6) is 23.0 Å². The molecule has 31 heavy (non-hydrogen) atoms. The Morgan fingerprint density at radius 2 is 1.77 bits per heavy atom. The SMILES string of the molecule is CN[C@@H]1Cc2cc(OC)c(OC)c(c2)Oc2ccc(cc2)C[C@H](C(=O)OC)N(C)C1=O. The number of carbonyl (C=O) groups excluding carboxylic acids is 2. The summed E-state index contributed by atoms with van der Waals surface area (Å²) in [6.07, 6.45) is 0.690. The number of hydrogen-bond donors (Lipinski definition) is 1. The van der Waals surface area contributed by atoms with Gasteiger partial charge in [0.05, 0.1) is 27.4 Å². The summed E-state index contributed by atoms with van der Waals surface area (Å²) < 4.78 is 22.0. The lowest BCUT2D eigenvalue weighted by Crippen LogP contribution is -2.52. The Balaban J connectivity index is 2.13. The van der Waals surface area contributed by atoms with E-state index in [2.05, 4.69) is 5.32 Å². The van der Waals surface area contributed by atoms with Crippen LogP contribution >= 0.6 is 0 Å². The molecule has 0 spiro atoms. The number of benzene rings is 2. The van der Waals surface area contributed by atoms with Crippen molar-refractivity contribution in [1.29, 1.82) is 0 Å². The molecule has 0 aliphatic carbocycles. The van der Waals surface area contributed by atoms with Crippen LogP contribution in [0.3, 0.4) is 0 Å². The van der Waals surface area contributed by atoms with Gasteiger partial charge in [0.2, 0.25) is 11.7 Å². The van der Waals surface area contributed by atoms with Gasteiger partial charge in [-0.15, -0.1) is 0 Å². The van der Waals surface area contributed by atoms with E-state index in [1.165, 1.54) is 12.0 Å². The fourth-order valence-electron chi connectivity index (χ4n) is 3.68. The van der Waals surface area contributed by atoms with Gasteiger partial charge in [0.15, 0.2) is 11.5 Å². The molecular formula is C23H28N2O6. The van der Waals surface area contributed by atoms with Crippen molar-refractivity contribution in [2.45, 2.75) is 24.9 Å². The molecule has 0 unspecified atom stereocenters. The number of rotatable bonds is 4. The van der Waals surface area contributed by atoms with E-state index in [1.807, 2.05) is 36.4 Å². The molecular weight excluding hydrogens is 400 g/mol. The zero-order valence-corrected chi connectivity index (χ0v) is 18.4. The van der Waals surface area contributed by atoms with Crippen LogP contribution in [0.2, 0.25) is 0 Å². The van der Waals surface area contributed by atoms with Crippen molar-refractivity contribution in [3.63, 3.8) is 0 Å². The van der Waals surface area contributed by atoms with Crippen LogP contribution in [-0.2, 0) is 27.2 Å². The number of hydrogen-bond acceptors (Lipinski definition) is 7. The lowest BCUT2D eigenvalue weighted by Gasteiger charge is -2.30. The Hall–Kier alpha value is -3.26. The fraction of sp³-hybridized carbons (Fsp3) is 0.391. The molecule has 2 heterocycles. The summed E-state index contributed by atoms with van der Waals surface area (Å²) in [5.41, 5.74) is 1.69. The topological polar surface area (TPSA) is 86.3 Å². The van der Waals surface area contributed by atoms with Crippen molar-refractivity contribution < 1.29 is 28.5 Å². The van der Waals surface area contributed by atoms with Gasteiger partial charge >= 0.3 is 5.97 Å². The van der Waals surface area contributed by atoms with E-state index in [-0.39, 0.29) is 5.91 Å². The van der Waals surface area contributed by atoms with Gasteiger partial charge in [0.1, 0.15) is 11.8 Å². The fourth-order valence-corrected chi connectivity index (χ4v) is 3.68. The molecule has 0 fully saturated rings. The average Bonchev–Trinajstić information content (AvgIpc) is 2.79. The normalized spacial score (nSPS) is 18.7. The third kappa shape index (κ3) is 4.74. The first-order valence-corrected chi connectivity index (χ1v) is 9.95. The zero-order chi connectivity index (χ0) is 22.5. The van der Waals surface area contributed by atoms with E-state index < -0.39 is 18.1 Å². The van der Waals surface area contributed by atoms with E-state index in [4.69, 9.17) is 18.9 Å². The van der Waals surface area contributed by atoms with Crippen LogP contribution in [-0.4, -0.2) is 64.3 Å². The highest BCUT2D eigenvalue weighted by atomic mass is 16.5. The Morgan fingerprint density at radius 1 is 1.06 bits per heavy atom. The summed E-state index contributed by atoms with van der Waals surface area (Å²) in [5.74, 6) is 1.39. The van der Waals surface area contributed by atoms with Crippen molar-refractivity contribution in [3.05, 3.63) is 47.5 Å².